The van der Waals surface area contributed by atoms with Gasteiger partial charge in [-0.15, -0.1) is 0 Å². The predicted molar refractivity (Wildman–Crippen MR) is 84.0 cm³/mol. The molecule has 0 aliphatic rings. The first-order valence-corrected chi connectivity index (χ1v) is 7.34. The third-order valence-electron chi connectivity index (χ3n) is 3.89. The maximum Gasteiger partial charge on any atom is 0.253 e. The van der Waals surface area contributed by atoms with Crippen molar-refractivity contribution >= 4 is 5.91 Å². The lowest BCUT2D eigenvalue weighted by Crippen LogP contribution is -2.49. The van der Waals surface area contributed by atoms with E-state index >= 15 is 0 Å². The molecule has 0 saturated carbocycles. The molecule has 4 atom stereocenters. The fourth-order valence-corrected chi connectivity index (χ4v) is 2.13. The van der Waals surface area contributed by atoms with Crippen molar-refractivity contribution in [2.24, 2.45) is 0 Å². The molecule has 7 nitrogen and oxygen atoms in total. The van der Waals surface area contributed by atoms with Crippen LogP contribution in [0.3, 0.4) is 0 Å². The predicted octanol–water partition coefficient (Wildman–Crippen LogP) is -1.19. The summed E-state index contributed by atoms with van der Waals surface area (Å²) in [5.74, 6) is -0.337. The van der Waals surface area contributed by atoms with Crippen LogP contribution in [0.25, 0.3) is 0 Å². The molecular formula is C16H25NO6. The number of aryl methyl sites for hydroxylation is 2. The molecule has 0 fully saturated rings. The number of hydrogen-bond donors (Lipinski definition) is 5. The van der Waals surface area contributed by atoms with Crippen LogP contribution in [-0.4, -0.2) is 81.0 Å². The van der Waals surface area contributed by atoms with Gasteiger partial charge in [0.1, 0.15) is 24.4 Å². The summed E-state index contributed by atoms with van der Waals surface area (Å²) in [6.45, 7) is 2.84. The maximum absolute atomic E-state index is 12.3. The second-order valence-corrected chi connectivity index (χ2v) is 5.78. The Labute approximate surface area is 135 Å². The van der Waals surface area contributed by atoms with Crippen molar-refractivity contribution in [1.82, 2.24) is 4.90 Å². The fourth-order valence-electron chi connectivity index (χ4n) is 2.13. The molecule has 5 N–H and O–H groups in total. The Kier molecular flexibility index (Phi) is 7.11. The number of carbonyl (C=O) groups is 1. The van der Waals surface area contributed by atoms with Gasteiger partial charge in [-0.2, -0.15) is 0 Å². The standard InChI is InChI=1S/C16H25NO6/c1-9-4-5-11(6-10(9)2)16(23)17(3)7-12(19)14(21)15(22)13(20)8-18/h4-6,12-15,18-22H,7-8H2,1-3H3/t12-,13+,14+,15+/m0/s1. The van der Waals surface area contributed by atoms with E-state index in [0.29, 0.717) is 5.56 Å². The molecule has 0 aliphatic heterocycles. The molecule has 0 spiro atoms. The molecule has 0 bridgehead atoms. The summed E-state index contributed by atoms with van der Waals surface area (Å²) in [6.07, 6.45) is -6.43. The number of aliphatic hydroxyl groups is 5. The van der Waals surface area contributed by atoms with Gasteiger partial charge >= 0.3 is 0 Å². The van der Waals surface area contributed by atoms with Gasteiger partial charge in [0.05, 0.1) is 6.61 Å². The van der Waals surface area contributed by atoms with E-state index in [0.717, 1.165) is 11.1 Å². The van der Waals surface area contributed by atoms with Gasteiger partial charge in [-0.3, -0.25) is 4.79 Å². The molecule has 0 aromatic heterocycles. The lowest BCUT2D eigenvalue weighted by atomic mass is 10.0. The van der Waals surface area contributed by atoms with E-state index in [9.17, 15) is 25.2 Å². The molecule has 130 valence electrons. The molecule has 1 amide bonds. The average molecular weight is 327 g/mol. The number of aliphatic hydroxyl groups excluding tert-OH is 5. The van der Waals surface area contributed by atoms with Gasteiger partial charge in [0, 0.05) is 19.2 Å². The molecule has 0 radical (unpaired) electrons. The monoisotopic (exact) mass is 327 g/mol. The quantitative estimate of drug-likeness (QED) is 0.429. The highest BCUT2D eigenvalue weighted by atomic mass is 16.4. The van der Waals surface area contributed by atoms with E-state index < -0.39 is 31.0 Å². The summed E-state index contributed by atoms with van der Waals surface area (Å²) < 4.78 is 0. The third kappa shape index (κ3) is 4.98. The third-order valence-corrected chi connectivity index (χ3v) is 3.89. The summed E-state index contributed by atoms with van der Waals surface area (Å²) in [7, 11) is 1.46. The zero-order valence-corrected chi connectivity index (χ0v) is 13.5. The highest BCUT2D eigenvalue weighted by Gasteiger charge is 2.31. The van der Waals surface area contributed by atoms with E-state index in [1.165, 1.54) is 11.9 Å². The maximum atomic E-state index is 12.3. The smallest absolute Gasteiger partial charge is 0.253 e. The number of amides is 1. The van der Waals surface area contributed by atoms with Crippen LogP contribution in [0.5, 0.6) is 0 Å². The minimum atomic E-state index is -1.71. The Hall–Kier alpha value is -1.51. The lowest BCUT2D eigenvalue weighted by Gasteiger charge is -2.28. The highest BCUT2D eigenvalue weighted by Crippen LogP contribution is 2.13. The van der Waals surface area contributed by atoms with Gasteiger partial charge in [-0.1, -0.05) is 6.07 Å². The van der Waals surface area contributed by atoms with Crippen molar-refractivity contribution < 1.29 is 30.3 Å². The molecule has 1 aromatic carbocycles. The second kappa shape index (κ2) is 8.37. The fraction of sp³-hybridized carbons (Fsp3) is 0.562. The SMILES string of the molecule is Cc1ccc(C(=O)N(C)C[C@H](O)[C@@H](O)[C@H](O)[C@H](O)CO)cc1C. The second-order valence-electron chi connectivity index (χ2n) is 5.78. The van der Waals surface area contributed by atoms with Gasteiger partial charge in [0.15, 0.2) is 0 Å². The van der Waals surface area contributed by atoms with Crippen LogP contribution in [0.2, 0.25) is 0 Å². The molecular weight excluding hydrogens is 302 g/mol. The highest BCUT2D eigenvalue weighted by molar-refractivity contribution is 5.94. The molecule has 0 unspecified atom stereocenters. The van der Waals surface area contributed by atoms with Crippen LogP contribution in [-0.2, 0) is 0 Å². The minimum Gasteiger partial charge on any atom is -0.394 e. The molecule has 7 heteroatoms. The summed E-state index contributed by atoms with van der Waals surface area (Å²) in [6, 6.07) is 5.23. The topological polar surface area (TPSA) is 121 Å². The first kappa shape index (κ1) is 19.5. The summed E-state index contributed by atoms with van der Waals surface area (Å²) in [4.78, 5) is 13.5. The van der Waals surface area contributed by atoms with Gasteiger partial charge in [0.25, 0.3) is 5.91 Å². The molecule has 0 saturated heterocycles. The van der Waals surface area contributed by atoms with Gasteiger partial charge in [-0.05, 0) is 37.1 Å². The van der Waals surface area contributed by atoms with Crippen LogP contribution in [0.4, 0.5) is 0 Å². The van der Waals surface area contributed by atoms with E-state index in [4.69, 9.17) is 5.11 Å². The Bertz CT molecular complexity index is 535. The first-order chi connectivity index (χ1) is 10.7. The number of nitrogens with zero attached hydrogens (tertiary/aromatic N) is 1. The van der Waals surface area contributed by atoms with Crippen LogP contribution in [0.1, 0.15) is 21.5 Å². The number of likely N-dealkylation sites (N-methyl/N-ethyl adjacent to an activating group) is 1. The molecule has 0 heterocycles. The first-order valence-electron chi connectivity index (χ1n) is 7.34. The van der Waals surface area contributed by atoms with E-state index in [-0.39, 0.29) is 12.5 Å². The lowest BCUT2D eigenvalue weighted by molar-refractivity contribution is -0.117. The van der Waals surface area contributed by atoms with Crippen molar-refractivity contribution in [3.63, 3.8) is 0 Å². The number of hydrogen-bond acceptors (Lipinski definition) is 6. The van der Waals surface area contributed by atoms with Crippen LogP contribution < -0.4 is 0 Å². The minimum absolute atomic E-state index is 0.234. The summed E-state index contributed by atoms with van der Waals surface area (Å²) in [5, 5.41) is 47.2. The number of carbonyl (C=O) groups excluding carboxylic acids is 1. The normalized spacial score (nSPS) is 16.5. The zero-order chi connectivity index (χ0) is 17.7. The largest absolute Gasteiger partial charge is 0.394 e. The van der Waals surface area contributed by atoms with Crippen LogP contribution in [0.15, 0.2) is 18.2 Å². The summed E-state index contributed by atoms with van der Waals surface area (Å²) >= 11 is 0. The molecule has 23 heavy (non-hydrogen) atoms. The Morgan fingerprint density at radius 3 is 2.13 bits per heavy atom. The van der Waals surface area contributed by atoms with Gasteiger partial charge < -0.3 is 30.4 Å². The van der Waals surface area contributed by atoms with Crippen molar-refractivity contribution in [2.45, 2.75) is 38.3 Å². The van der Waals surface area contributed by atoms with E-state index in [1.54, 1.807) is 12.1 Å². The molecule has 1 rings (SSSR count). The van der Waals surface area contributed by atoms with Crippen molar-refractivity contribution in [1.29, 1.82) is 0 Å². The van der Waals surface area contributed by atoms with Gasteiger partial charge in [0.2, 0.25) is 0 Å². The zero-order valence-electron chi connectivity index (χ0n) is 13.5. The average Bonchev–Trinajstić information content (AvgIpc) is 2.54. The van der Waals surface area contributed by atoms with Crippen LogP contribution >= 0.6 is 0 Å². The van der Waals surface area contributed by atoms with Crippen molar-refractivity contribution in [3.8, 4) is 0 Å². The summed E-state index contributed by atoms with van der Waals surface area (Å²) in [5.41, 5.74) is 2.47. The number of rotatable bonds is 7. The van der Waals surface area contributed by atoms with E-state index in [1.807, 2.05) is 19.9 Å². The van der Waals surface area contributed by atoms with Gasteiger partial charge in [-0.25, -0.2) is 0 Å². The molecule has 1 aromatic rings. The Morgan fingerprint density at radius 1 is 1.04 bits per heavy atom. The van der Waals surface area contributed by atoms with Crippen molar-refractivity contribution in [2.75, 3.05) is 20.2 Å². The Balaban J connectivity index is 2.72. The Morgan fingerprint density at radius 2 is 1.61 bits per heavy atom. The molecule has 0 aliphatic carbocycles. The number of benzene rings is 1. The van der Waals surface area contributed by atoms with Crippen LogP contribution in [0, 0.1) is 13.8 Å². The van der Waals surface area contributed by atoms with Crippen molar-refractivity contribution in [3.05, 3.63) is 34.9 Å². The van der Waals surface area contributed by atoms with E-state index in [2.05, 4.69) is 0 Å².